The van der Waals surface area contributed by atoms with Crippen LogP contribution < -0.4 is 11.1 Å². The summed E-state index contributed by atoms with van der Waals surface area (Å²) in [6, 6.07) is 7.67. The molecule has 28 heavy (non-hydrogen) atoms. The highest BCUT2D eigenvalue weighted by Crippen LogP contribution is 2.60. The summed E-state index contributed by atoms with van der Waals surface area (Å²) in [5, 5.41) is 3.05. The van der Waals surface area contributed by atoms with Crippen molar-refractivity contribution in [3.63, 3.8) is 0 Å². The predicted octanol–water partition coefficient (Wildman–Crippen LogP) is 3.71. The molecule has 4 saturated carbocycles. The molecule has 2 amide bonds. The molecule has 0 spiro atoms. The van der Waals surface area contributed by atoms with Gasteiger partial charge >= 0.3 is 0 Å². The molecule has 4 fully saturated rings. The number of nitrogens with one attached hydrogen (secondary N) is 1. The van der Waals surface area contributed by atoms with Gasteiger partial charge in [0, 0.05) is 11.8 Å². The lowest BCUT2D eigenvalue weighted by Gasteiger charge is -2.55. The number of hydrogen-bond acceptors (Lipinski definition) is 2. The first kappa shape index (κ1) is 19.5. The van der Waals surface area contributed by atoms with Crippen molar-refractivity contribution in [3.8, 4) is 0 Å². The standard InChI is InChI=1S/C24H34N2O2/c1-23(2,3)19-6-4-15(5-7-19)11-20(21(25)27)26-22(28)24-12-16-8-17(13-24)10-18(9-16)14-24/h4-7,16-18,20H,8-14H2,1-3H3,(H2,25,27)(H,26,28)/t16?,17?,18?,20-,24?/m0/s1. The van der Waals surface area contributed by atoms with E-state index < -0.39 is 11.9 Å². The number of nitrogens with two attached hydrogens (primary N) is 1. The molecule has 0 radical (unpaired) electrons. The van der Waals surface area contributed by atoms with Crippen LogP contribution in [0.25, 0.3) is 0 Å². The van der Waals surface area contributed by atoms with E-state index in [0.717, 1.165) is 24.8 Å². The molecule has 0 aromatic heterocycles. The minimum atomic E-state index is -0.638. The summed E-state index contributed by atoms with van der Waals surface area (Å²) < 4.78 is 0. The second kappa shape index (κ2) is 6.89. The van der Waals surface area contributed by atoms with Crippen molar-refractivity contribution in [1.82, 2.24) is 5.32 Å². The molecule has 0 aliphatic heterocycles. The van der Waals surface area contributed by atoms with Gasteiger partial charge in [-0.2, -0.15) is 0 Å². The molecule has 4 aliphatic carbocycles. The molecule has 0 unspecified atom stereocenters. The molecule has 1 aromatic rings. The lowest BCUT2D eigenvalue weighted by Crippen LogP contribution is -2.57. The second-order valence-electron chi connectivity index (χ2n) is 10.8. The van der Waals surface area contributed by atoms with E-state index in [0.29, 0.717) is 24.2 Å². The van der Waals surface area contributed by atoms with Gasteiger partial charge in [0.05, 0.1) is 0 Å². The third-order valence-corrected chi connectivity index (χ3v) is 7.43. The molecule has 3 N–H and O–H groups in total. The van der Waals surface area contributed by atoms with Gasteiger partial charge in [0.2, 0.25) is 11.8 Å². The van der Waals surface area contributed by atoms with Gasteiger partial charge in [-0.05, 0) is 72.8 Å². The highest BCUT2D eigenvalue weighted by molar-refractivity contribution is 5.89. The molecule has 4 bridgehead atoms. The van der Waals surface area contributed by atoms with Crippen LogP contribution in [0.2, 0.25) is 0 Å². The van der Waals surface area contributed by atoms with Crippen LogP contribution in [0.3, 0.4) is 0 Å². The van der Waals surface area contributed by atoms with Crippen LogP contribution >= 0.6 is 0 Å². The number of amides is 2. The summed E-state index contributed by atoms with van der Waals surface area (Å²) in [4.78, 5) is 25.4. The third kappa shape index (κ3) is 3.70. The predicted molar refractivity (Wildman–Crippen MR) is 111 cm³/mol. The quantitative estimate of drug-likeness (QED) is 0.815. The van der Waals surface area contributed by atoms with Crippen molar-refractivity contribution in [2.45, 2.75) is 77.2 Å². The first-order valence-electron chi connectivity index (χ1n) is 10.8. The molecule has 0 heterocycles. The summed E-state index contributed by atoms with van der Waals surface area (Å²) in [7, 11) is 0. The number of rotatable bonds is 5. The van der Waals surface area contributed by atoms with E-state index in [-0.39, 0.29) is 16.7 Å². The van der Waals surface area contributed by atoms with E-state index >= 15 is 0 Å². The summed E-state index contributed by atoms with van der Waals surface area (Å²) >= 11 is 0. The first-order valence-corrected chi connectivity index (χ1v) is 10.8. The summed E-state index contributed by atoms with van der Waals surface area (Å²) in [6.07, 6.45) is 7.34. The van der Waals surface area contributed by atoms with Gasteiger partial charge in [-0.15, -0.1) is 0 Å². The van der Waals surface area contributed by atoms with Crippen molar-refractivity contribution in [1.29, 1.82) is 0 Å². The van der Waals surface area contributed by atoms with E-state index in [1.165, 1.54) is 24.8 Å². The number of hydrogen-bond donors (Lipinski definition) is 2. The van der Waals surface area contributed by atoms with Crippen molar-refractivity contribution >= 4 is 11.8 Å². The Morgan fingerprint density at radius 1 is 1.04 bits per heavy atom. The van der Waals surface area contributed by atoms with Gasteiger partial charge in [-0.1, -0.05) is 45.0 Å². The molecule has 4 heteroatoms. The van der Waals surface area contributed by atoms with Crippen LogP contribution in [-0.2, 0) is 21.4 Å². The molecule has 1 aromatic carbocycles. The number of primary amides is 1. The van der Waals surface area contributed by atoms with Crippen molar-refractivity contribution in [2.24, 2.45) is 28.9 Å². The smallest absolute Gasteiger partial charge is 0.240 e. The molecule has 5 rings (SSSR count). The van der Waals surface area contributed by atoms with Crippen LogP contribution in [0, 0.1) is 23.2 Å². The Bertz CT molecular complexity index is 725. The monoisotopic (exact) mass is 382 g/mol. The Labute approximate surface area is 168 Å². The molecule has 4 nitrogen and oxygen atoms in total. The number of benzene rings is 1. The highest BCUT2D eigenvalue weighted by Gasteiger charge is 2.54. The minimum Gasteiger partial charge on any atom is -0.368 e. The van der Waals surface area contributed by atoms with Crippen molar-refractivity contribution in [2.75, 3.05) is 0 Å². The van der Waals surface area contributed by atoms with E-state index in [1.54, 1.807) is 0 Å². The molecular weight excluding hydrogens is 348 g/mol. The van der Waals surface area contributed by atoms with Crippen LogP contribution in [0.4, 0.5) is 0 Å². The highest BCUT2D eigenvalue weighted by atomic mass is 16.2. The largest absolute Gasteiger partial charge is 0.368 e. The zero-order valence-electron chi connectivity index (χ0n) is 17.5. The van der Waals surface area contributed by atoms with Gasteiger partial charge in [0.15, 0.2) is 0 Å². The maximum atomic E-state index is 13.3. The molecule has 4 aliphatic rings. The van der Waals surface area contributed by atoms with Crippen LogP contribution in [0.15, 0.2) is 24.3 Å². The SMILES string of the molecule is CC(C)(C)c1ccc(C[C@H](NC(=O)C23CC4CC(CC(C4)C2)C3)C(N)=O)cc1. The first-order chi connectivity index (χ1) is 13.1. The lowest BCUT2D eigenvalue weighted by atomic mass is 9.49. The van der Waals surface area contributed by atoms with E-state index in [9.17, 15) is 9.59 Å². The Balaban J connectivity index is 1.45. The second-order valence-corrected chi connectivity index (χ2v) is 10.8. The van der Waals surface area contributed by atoms with Gasteiger partial charge in [0.1, 0.15) is 6.04 Å². The van der Waals surface area contributed by atoms with Crippen molar-refractivity contribution < 1.29 is 9.59 Å². The molecular formula is C24H34N2O2. The Hall–Kier alpha value is -1.84. The van der Waals surface area contributed by atoms with Crippen LogP contribution in [0.1, 0.15) is 70.4 Å². The Morgan fingerprint density at radius 2 is 1.54 bits per heavy atom. The zero-order valence-corrected chi connectivity index (χ0v) is 17.5. The average Bonchev–Trinajstić information content (AvgIpc) is 2.59. The van der Waals surface area contributed by atoms with Gasteiger partial charge < -0.3 is 11.1 Å². The Morgan fingerprint density at radius 3 is 1.96 bits per heavy atom. The fourth-order valence-corrected chi connectivity index (χ4v) is 6.30. The number of carbonyl (C=O) groups excluding carboxylic acids is 2. The van der Waals surface area contributed by atoms with Gasteiger partial charge in [0.25, 0.3) is 0 Å². The summed E-state index contributed by atoms with van der Waals surface area (Å²) in [5.41, 5.74) is 7.79. The maximum absolute atomic E-state index is 13.3. The van der Waals surface area contributed by atoms with E-state index in [4.69, 9.17) is 5.73 Å². The molecule has 152 valence electrons. The third-order valence-electron chi connectivity index (χ3n) is 7.43. The van der Waals surface area contributed by atoms with Crippen LogP contribution in [-0.4, -0.2) is 17.9 Å². The number of carbonyl (C=O) groups is 2. The lowest BCUT2D eigenvalue weighted by molar-refractivity contribution is -0.148. The zero-order chi connectivity index (χ0) is 20.1. The Kier molecular flexibility index (Phi) is 4.79. The summed E-state index contributed by atoms with van der Waals surface area (Å²) in [5.74, 6) is 1.73. The normalized spacial score (nSPS) is 32.2. The topological polar surface area (TPSA) is 72.2 Å². The molecule has 0 saturated heterocycles. The fourth-order valence-electron chi connectivity index (χ4n) is 6.30. The van der Waals surface area contributed by atoms with Crippen molar-refractivity contribution in [3.05, 3.63) is 35.4 Å². The van der Waals surface area contributed by atoms with E-state index in [1.807, 2.05) is 12.1 Å². The maximum Gasteiger partial charge on any atom is 0.240 e. The summed E-state index contributed by atoms with van der Waals surface area (Å²) in [6.45, 7) is 6.54. The van der Waals surface area contributed by atoms with E-state index in [2.05, 4.69) is 38.2 Å². The fraction of sp³-hybridized carbons (Fsp3) is 0.667. The van der Waals surface area contributed by atoms with Crippen LogP contribution in [0.5, 0.6) is 0 Å². The van der Waals surface area contributed by atoms with Gasteiger partial charge in [-0.3, -0.25) is 9.59 Å². The van der Waals surface area contributed by atoms with Gasteiger partial charge in [-0.25, -0.2) is 0 Å². The minimum absolute atomic E-state index is 0.0710. The molecule has 1 atom stereocenters. The average molecular weight is 383 g/mol.